The third kappa shape index (κ3) is 18.7. The number of phosphoric acid groups is 2. The molecule has 0 heterocycles. The molecule has 0 radical (unpaired) electrons. The molecule has 0 bridgehead atoms. The van der Waals surface area contributed by atoms with Crippen molar-refractivity contribution in [2.45, 2.75) is 0 Å². The van der Waals surface area contributed by atoms with Gasteiger partial charge in [0.25, 0.3) is 0 Å². The van der Waals surface area contributed by atoms with Gasteiger partial charge in [-0.3, -0.25) is 0 Å². The summed E-state index contributed by atoms with van der Waals surface area (Å²) in [5.41, 5.74) is 0. The summed E-state index contributed by atoms with van der Waals surface area (Å²) in [5.74, 6) is 0. The molecule has 7 nitrogen and oxygen atoms in total. The second kappa shape index (κ2) is 6.38. The molecule has 0 rings (SSSR count). The predicted octanol–water partition coefficient (Wildman–Crippen LogP) is -1.73. The summed E-state index contributed by atoms with van der Waals surface area (Å²) < 4.78 is 22.2. The van der Waals surface area contributed by atoms with Gasteiger partial charge in [-0.25, -0.2) is 9.13 Å². The first-order valence-corrected chi connectivity index (χ1v) is 4.59. The molecule has 11 heteroatoms. The summed E-state index contributed by atoms with van der Waals surface area (Å²) in [5, 5.41) is 0. The van der Waals surface area contributed by atoms with Gasteiger partial charge in [-0.05, 0) is 0 Å². The minimum Gasteiger partial charge on any atom is -0.302 e. The molecule has 0 aliphatic carbocycles. The Bertz CT molecular complexity index is 157. The van der Waals surface area contributed by atoms with Crippen molar-refractivity contribution in [1.29, 1.82) is 0 Å². The fourth-order valence-electron chi connectivity index (χ4n) is 0.139. The molecular weight excluding hydrogens is 289 g/mol. The molecule has 0 aromatic carbocycles. The third-order valence-electron chi connectivity index (χ3n) is 0.213. The van der Waals surface area contributed by atoms with E-state index >= 15 is 0 Å². The quantitative estimate of drug-likeness (QED) is 0.352. The molecule has 11 heavy (non-hydrogen) atoms. The Kier molecular flexibility index (Phi) is 10.8. The van der Waals surface area contributed by atoms with E-state index in [4.69, 9.17) is 19.6 Å². The van der Waals surface area contributed by atoms with E-state index < -0.39 is 15.6 Å². The Morgan fingerprint density at radius 1 is 0.909 bits per heavy atom. The molecule has 64 valence electrons. The summed E-state index contributed by atoms with van der Waals surface area (Å²) in [7, 11) is -10.1. The third-order valence-corrected chi connectivity index (χ3v) is 1.91. The van der Waals surface area contributed by atoms with Crippen LogP contribution in [0.3, 0.4) is 0 Å². The summed E-state index contributed by atoms with van der Waals surface area (Å²) in [4.78, 5) is 31.0. The van der Waals surface area contributed by atoms with Crippen molar-refractivity contribution in [3.63, 3.8) is 0 Å². The first kappa shape index (κ1) is 18.6. The van der Waals surface area contributed by atoms with Crippen molar-refractivity contribution in [2.24, 2.45) is 0 Å². The zero-order valence-corrected chi connectivity index (χ0v) is 8.65. The number of hydrogen-bond donors (Lipinski definition) is 4. The van der Waals surface area contributed by atoms with E-state index in [0.29, 0.717) is 0 Å². The zero-order valence-electron chi connectivity index (χ0n) is 4.41. The van der Waals surface area contributed by atoms with Gasteiger partial charge in [0.1, 0.15) is 0 Å². The average Bonchev–Trinajstić information content (AvgIpc) is 1.14. The standard InChI is InChI=1S/Mg.H4O7P2.Zr.2H/c;1-8(2,3)7-9(4,5)6;;;/h;(H2,1,2,3)(H2,4,5,6);;;. The molecule has 4 N–H and O–H groups in total. The van der Waals surface area contributed by atoms with Gasteiger partial charge in [-0.15, -0.1) is 0 Å². The second-order valence-corrected chi connectivity index (χ2v) is 3.68. The molecule has 0 spiro atoms. The molecule has 0 amide bonds. The number of hydrogen-bond acceptors (Lipinski definition) is 3. The summed E-state index contributed by atoms with van der Waals surface area (Å²) in [6.45, 7) is 0. The Morgan fingerprint density at radius 3 is 1.09 bits per heavy atom. The average molecular weight is 296 g/mol. The van der Waals surface area contributed by atoms with E-state index in [2.05, 4.69) is 4.31 Å². The van der Waals surface area contributed by atoms with Crippen LogP contribution in [-0.4, -0.2) is 42.6 Å². The fourth-order valence-corrected chi connectivity index (χ4v) is 1.25. The maximum Gasteiger partial charge on any atom is 0.478 e. The summed E-state index contributed by atoms with van der Waals surface area (Å²) in [6, 6.07) is 0. The van der Waals surface area contributed by atoms with E-state index in [0.717, 1.165) is 0 Å². The van der Waals surface area contributed by atoms with Crippen LogP contribution >= 0.6 is 15.6 Å². The smallest absolute Gasteiger partial charge is 0.302 e. The summed E-state index contributed by atoms with van der Waals surface area (Å²) >= 11 is 0. The van der Waals surface area contributed by atoms with Gasteiger partial charge in [0.15, 0.2) is 0 Å². The van der Waals surface area contributed by atoms with Gasteiger partial charge in [0.05, 0.1) is 0 Å². The van der Waals surface area contributed by atoms with Gasteiger partial charge in [0.2, 0.25) is 0 Å². The molecular formula is H6MgO7P2Zr. The number of rotatable bonds is 2. The van der Waals surface area contributed by atoms with Crippen molar-refractivity contribution in [3.8, 4) is 0 Å². The normalized spacial score (nSPS) is 11.3. The molecule has 0 aliphatic heterocycles. The monoisotopic (exact) mass is 294 g/mol. The maximum absolute atomic E-state index is 9.63. The van der Waals surface area contributed by atoms with Crippen LogP contribution in [0.1, 0.15) is 0 Å². The summed E-state index contributed by atoms with van der Waals surface area (Å²) in [6.07, 6.45) is 0. The maximum atomic E-state index is 9.63. The van der Waals surface area contributed by atoms with E-state index in [9.17, 15) is 9.13 Å². The van der Waals surface area contributed by atoms with Gasteiger partial charge < -0.3 is 19.6 Å². The first-order valence-electron chi connectivity index (χ1n) is 1.53. The van der Waals surface area contributed by atoms with Crippen LogP contribution in [0, 0.1) is 0 Å². The molecule has 0 saturated carbocycles. The van der Waals surface area contributed by atoms with Gasteiger partial charge in [0, 0.05) is 26.2 Å². The molecule has 0 atom stereocenters. The Morgan fingerprint density at radius 2 is 1.09 bits per heavy atom. The second-order valence-electron chi connectivity index (χ2n) is 1.06. The Labute approximate surface area is 97.3 Å². The van der Waals surface area contributed by atoms with Gasteiger partial charge >= 0.3 is 38.7 Å². The Balaban J connectivity index is -0.000000320. The fraction of sp³-hybridized carbons (Fsp3) is 0. The minimum atomic E-state index is -5.05. The van der Waals surface area contributed by atoms with Crippen LogP contribution in [0.15, 0.2) is 0 Å². The van der Waals surface area contributed by atoms with Crippen molar-refractivity contribution < 1.29 is 59.2 Å². The van der Waals surface area contributed by atoms with E-state index in [1.54, 1.807) is 0 Å². The van der Waals surface area contributed by atoms with E-state index in [1.807, 2.05) is 0 Å². The molecule has 0 aromatic rings. The first-order chi connectivity index (χ1) is 3.71. The van der Waals surface area contributed by atoms with Crippen molar-refractivity contribution in [3.05, 3.63) is 0 Å². The van der Waals surface area contributed by atoms with Crippen LogP contribution in [-0.2, 0) is 39.6 Å². The molecule has 0 aliphatic rings. The van der Waals surface area contributed by atoms with Crippen molar-refractivity contribution in [1.82, 2.24) is 0 Å². The van der Waals surface area contributed by atoms with Crippen LogP contribution in [0.2, 0.25) is 0 Å². The Hall–Kier alpha value is 1.91. The van der Waals surface area contributed by atoms with E-state index in [1.165, 1.54) is 0 Å². The van der Waals surface area contributed by atoms with E-state index in [-0.39, 0.29) is 49.3 Å². The van der Waals surface area contributed by atoms with Crippen LogP contribution < -0.4 is 0 Å². The largest absolute Gasteiger partial charge is 0.478 e. The molecule has 0 saturated heterocycles. The van der Waals surface area contributed by atoms with Crippen molar-refractivity contribution in [2.75, 3.05) is 0 Å². The SMILES string of the molecule is O=P(O)(O)OP(=O)(O)O.[MgH2].[Zr]. The van der Waals surface area contributed by atoms with Crippen molar-refractivity contribution >= 4 is 38.7 Å². The zero-order chi connectivity index (χ0) is 7.71. The molecule has 0 unspecified atom stereocenters. The van der Waals surface area contributed by atoms with Crippen LogP contribution in [0.4, 0.5) is 0 Å². The predicted molar refractivity (Wildman–Crippen MR) is 33.7 cm³/mol. The molecule has 0 aromatic heterocycles. The topological polar surface area (TPSA) is 124 Å². The van der Waals surface area contributed by atoms with Gasteiger partial charge in [-0.1, -0.05) is 0 Å². The van der Waals surface area contributed by atoms with Gasteiger partial charge in [-0.2, -0.15) is 4.31 Å². The van der Waals surface area contributed by atoms with Crippen LogP contribution in [0.25, 0.3) is 0 Å². The van der Waals surface area contributed by atoms with Crippen LogP contribution in [0.5, 0.6) is 0 Å². The molecule has 0 fully saturated rings. The minimum absolute atomic E-state index is 0.